The average Bonchev–Trinajstić information content (AvgIpc) is 3.15. The van der Waals surface area contributed by atoms with Gasteiger partial charge in [0.05, 0.1) is 16.2 Å². The minimum atomic E-state index is -3.87. The molecule has 0 unspecified atom stereocenters. The van der Waals surface area contributed by atoms with Crippen LogP contribution in [0.15, 0.2) is 70.6 Å². The van der Waals surface area contributed by atoms with Crippen molar-refractivity contribution in [1.82, 2.24) is 4.98 Å². The highest BCUT2D eigenvalue weighted by molar-refractivity contribution is 7.91. The SMILES string of the molecule is Cc1cc(CC(=O)O)cc(C)c1Oc1ccc2[nH]cc(S(=O)(=O)c3ccc(F)cc3)c2c1. The highest BCUT2D eigenvalue weighted by Crippen LogP contribution is 2.34. The quantitative estimate of drug-likeness (QED) is 0.392. The van der Waals surface area contributed by atoms with Crippen LogP contribution in [0.3, 0.4) is 0 Å². The number of ether oxygens (including phenoxy) is 1. The highest BCUT2D eigenvalue weighted by Gasteiger charge is 2.22. The minimum Gasteiger partial charge on any atom is -0.481 e. The Bertz CT molecular complexity index is 1420. The number of halogens is 1. The van der Waals surface area contributed by atoms with E-state index >= 15 is 0 Å². The van der Waals surface area contributed by atoms with Crippen LogP contribution in [0.25, 0.3) is 10.9 Å². The predicted molar refractivity (Wildman–Crippen MR) is 117 cm³/mol. The van der Waals surface area contributed by atoms with Gasteiger partial charge < -0.3 is 14.8 Å². The molecule has 0 aliphatic heterocycles. The maximum atomic E-state index is 13.2. The van der Waals surface area contributed by atoms with Gasteiger partial charge in [0.25, 0.3) is 0 Å². The van der Waals surface area contributed by atoms with Crippen molar-refractivity contribution in [1.29, 1.82) is 0 Å². The van der Waals surface area contributed by atoms with E-state index in [0.717, 1.165) is 23.3 Å². The molecule has 4 rings (SSSR count). The molecule has 0 atom stereocenters. The van der Waals surface area contributed by atoms with Crippen molar-refractivity contribution in [2.24, 2.45) is 0 Å². The summed E-state index contributed by atoms with van der Waals surface area (Å²) in [6.45, 7) is 3.65. The molecule has 0 saturated carbocycles. The first-order valence-electron chi connectivity index (χ1n) is 9.77. The van der Waals surface area contributed by atoms with Crippen LogP contribution in [0, 0.1) is 19.7 Å². The molecule has 0 amide bonds. The molecular weight excluding hydrogens is 433 g/mol. The fourth-order valence-corrected chi connectivity index (χ4v) is 5.12. The molecule has 32 heavy (non-hydrogen) atoms. The zero-order valence-electron chi connectivity index (χ0n) is 17.3. The molecule has 6 nitrogen and oxygen atoms in total. The van der Waals surface area contributed by atoms with Crippen LogP contribution < -0.4 is 4.74 Å². The fraction of sp³-hybridized carbons (Fsp3) is 0.125. The van der Waals surface area contributed by atoms with E-state index in [2.05, 4.69) is 4.98 Å². The number of sulfone groups is 1. The summed E-state index contributed by atoms with van der Waals surface area (Å²) in [6, 6.07) is 13.3. The van der Waals surface area contributed by atoms with Crippen molar-refractivity contribution in [2.75, 3.05) is 0 Å². The third kappa shape index (κ3) is 4.09. The highest BCUT2D eigenvalue weighted by atomic mass is 32.2. The van der Waals surface area contributed by atoms with Crippen LogP contribution in [0.1, 0.15) is 16.7 Å². The van der Waals surface area contributed by atoms with E-state index in [1.165, 1.54) is 18.3 Å². The first-order valence-corrected chi connectivity index (χ1v) is 11.2. The van der Waals surface area contributed by atoms with E-state index in [-0.39, 0.29) is 16.2 Å². The Morgan fingerprint density at radius 1 is 1.03 bits per heavy atom. The van der Waals surface area contributed by atoms with Crippen molar-refractivity contribution < 1.29 is 27.4 Å². The number of fused-ring (bicyclic) bond motifs is 1. The second-order valence-corrected chi connectivity index (χ2v) is 9.47. The molecule has 8 heteroatoms. The number of hydrogen-bond acceptors (Lipinski definition) is 4. The standard InChI is InChI=1S/C24H20FNO5S/c1-14-9-16(11-23(27)28)10-15(2)24(14)31-18-5-8-21-20(12-18)22(13-26-21)32(29,30)19-6-3-17(25)4-7-19/h3-10,12-13,26H,11H2,1-2H3,(H,27,28). The largest absolute Gasteiger partial charge is 0.481 e. The van der Waals surface area contributed by atoms with Gasteiger partial charge in [-0.25, -0.2) is 12.8 Å². The zero-order chi connectivity index (χ0) is 23.0. The molecule has 0 radical (unpaired) electrons. The number of benzene rings is 3. The summed E-state index contributed by atoms with van der Waals surface area (Å²) >= 11 is 0. The van der Waals surface area contributed by atoms with Crippen molar-refractivity contribution in [3.05, 3.63) is 83.3 Å². The first kappa shape index (κ1) is 21.6. The maximum Gasteiger partial charge on any atom is 0.307 e. The second-order valence-electron chi connectivity index (χ2n) is 7.55. The number of carboxylic acid groups (broad SMARTS) is 1. The van der Waals surface area contributed by atoms with Gasteiger partial charge in [-0.2, -0.15) is 0 Å². The van der Waals surface area contributed by atoms with E-state index in [0.29, 0.717) is 28.0 Å². The van der Waals surface area contributed by atoms with Gasteiger partial charge in [-0.1, -0.05) is 12.1 Å². The van der Waals surface area contributed by atoms with Crippen molar-refractivity contribution >= 4 is 26.7 Å². The molecule has 164 valence electrons. The molecule has 0 bridgehead atoms. The van der Waals surface area contributed by atoms with Crippen LogP contribution in [-0.4, -0.2) is 24.5 Å². The van der Waals surface area contributed by atoms with Crippen LogP contribution >= 0.6 is 0 Å². The van der Waals surface area contributed by atoms with E-state index in [4.69, 9.17) is 9.84 Å². The van der Waals surface area contributed by atoms with E-state index in [9.17, 15) is 17.6 Å². The number of carboxylic acids is 1. The molecule has 1 heterocycles. The van der Waals surface area contributed by atoms with Gasteiger partial charge >= 0.3 is 5.97 Å². The summed E-state index contributed by atoms with van der Waals surface area (Å²) in [5.74, 6) is -0.411. The van der Waals surface area contributed by atoms with Gasteiger partial charge in [-0.15, -0.1) is 0 Å². The Balaban J connectivity index is 1.72. The summed E-state index contributed by atoms with van der Waals surface area (Å²) in [5, 5.41) is 9.47. The van der Waals surface area contributed by atoms with Gasteiger partial charge in [0.2, 0.25) is 9.84 Å². The molecule has 4 aromatic rings. The smallest absolute Gasteiger partial charge is 0.307 e. The number of aryl methyl sites for hydroxylation is 2. The Morgan fingerprint density at radius 3 is 2.31 bits per heavy atom. The zero-order valence-corrected chi connectivity index (χ0v) is 18.2. The Hall–Kier alpha value is -3.65. The summed E-state index contributed by atoms with van der Waals surface area (Å²) in [7, 11) is -3.87. The second kappa shape index (κ2) is 8.12. The minimum absolute atomic E-state index is 0.00757. The predicted octanol–water partition coefficient (Wildman–Crippen LogP) is 5.18. The van der Waals surface area contributed by atoms with Gasteiger partial charge in [-0.3, -0.25) is 4.79 Å². The molecule has 2 N–H and O–H groups in total. The number of aliphatic carboxylic acids is 1. The average molecular weight is 453 g/mol. The maximum absolute atomic E-state index is 13.2. The van der Waals surface area contributed by atoms with Crippen LogP contribution in [0.4, 0.5) is 4.39 Å². The Labute approximate surface area is 184 Å². The summed E-state index contributed by atoms with van der Waals surface area (Å²) in [5.41, 5.74) is 2.83. The van der Waals surface area contributed by atoms with E-state index in [1.807, 2.05) is 13.8 Å². The van der Waals surface area contributed by atoms with Crippen molar-refractivity contribution in [3.8, 4) is 11.5 Å². The molecule has 0 aliphatic carbocycles. The van der Waals surface area contributed by atoms with Gasteiger partial charge in [0.15, 0.2) is 0 Å². The van der Waals surface area contributed by atoms with E-state index in [1.54, 1.807) is 30.3 Å². The number of rotatable bonds is 6. The Kier molecular flexibility index (Phi) is 5.48. The molecule has 0 spiro atoms. The number of aromatic nitrogens is 1. The lowest BCUT2D eigenvalue weighted by Crippen LogP contribution is -2.02. The van der Waals surface area contributed by atoms with Crippen molar-refractivity contribution in [2.45, 2.75) is 30.1 Å². The molecular formula is C24H20FNO5S. The molecule has 0 saturated heterocycles. The lowest BCUT2D eigenvalue weighted by molar-refractivity contribution is -0.136. The summed E-state index contributed by atoms with van der Waals surface area (Å²) < 4.78 is 45.5. The lowest BCUT2D eigenvalue weighted by atomic mass is 10.0. The summed E-state index contributed by atoms with van der Waals surface area (Å²) in [4.78, 5) is 14.0. The number of hydrogen-bond donors (Lipinski definition) is 2. The van der Waals surface area contributed by atoms with E-state index < -0.39 is 21.6 Å². The summed E-state index contributed by atoms with van der Waals surface area (Å²) in [6.07, 6.45) is 1.33. The molecule has 0 fully saturated rings. The topological polar surface area (TPSA) is 96.5 Å². The molecule has 0 aliphatic rings. The Morgan fingerprint density at radius 2 is 1.69 bits per heavy atom. The normalized spacial score (nSPS) is 11.6. The molecule has 3 aromatic carbocycles. The number of H-pyrrole nitrogens is 1. The number of aromatic amines is 1. The third-order valence-electron chi connectivity index (χ3n) is 5.12. The third-order valence-corrected chi connectivity index (χ3v) is 6.93. The number of carbonyl (C=O) groups is 1. The number of nitrogens with one attached hydrogen (secondary N) is 1. The molecule has 1 aromatic heterocycles. The van der Waals surface area contributed by atoms with Gasteiger partial charge in [-0.05, 0) is 73.0 Å². The first-order chi connectivity index (χ1) is 15.1. The van der Waals surface area contributed by atoms with Crippen molar-refractivity contribution in [3.63, 3.8) is 0 Å². The van der Waals surface area contributed by atoms with Crippen LogP contribution in [-0.2, 0) is 21.1 Å². The van der Waals surface area contributed by atoms with Crippen LogP contribution in [0.2, 0.25) is 0 Å². The monoisotopic (exact) mass is 453 g/mol. The fourth-order valence-electron chi connectivity index (χ4n) is 3.70. The van der Waals surface area contributed by atoms with Gasteiger partial charge in [0.1, 0.15) is 17.3 Å². The van der Waals surface area contributed by atoms with Gasteiger partial charge in [0, 0.05) is 17.1 Å². The van der Waals surface area contributed by atoms with Crippen LogP contribution in [0.5, 0.6) is 11.5 Å². The lowest BCUT2D eigenvalue weighted by Gasteiger charge is -2.14.